The number of rotatable bonds is 3. The first-order valence-corrected chi connectivity index (χ1v) is 8.11. The number of nitrogens with one attached hydrogen (secondary N) is 2. The number of para-hydroxylation sites is 1. The van der Waals surface area contributed by atoms with Crippen LogP contribution in [0.5, 0.6) is 0 Å². The summed E-state index contributed by atoms with van der Waals surface area (Å²) in [6.07, 6.45) is 2.37. The molecule has 0 saturated carbocycles. The van der Waals surface area contributed by atoms with Gasteiger partial charge in [-0.3, -0.25) is 9.59 Å². The largest absolute Gasteiger partial charge is 0.344 e. The van der Waals surface area contributed by atoms with Gasteiger partial charge in [0.2, 0.25) is 11.8 Å². The SMILES string of the molecule is Cl.O=C(NC1CCCN(c2ccccc2Cl)C1=O)C1CCNC1. The van der Waals surface area contributed by atoms with Crippen LogP contribution < -0.4 is 15.5 Å². The van der Waals surface area contributed by atoms with E-state index in [-0.39, 0.29) is 30.1 Å². The molecule has 2 unspecified atom stereocenters. The molecule has 2 fully saturated rings. The van der Waals surface area contributed by atoms with Gasteiger partial charge in [-0.05, 0) is 37.9 Å². The van der Waals surface area contributed by atoms with Crippen molar-refractivity contribution in [1.29, 1.82) is 0 Å². The van der Waals surface area contributed by atoms with Gasteiger partial charge in [0.1, 0.15) is 6.04 Å². The molecule has 0 aliphatic carbocycles. The summed E-state index contributed by atoms with van der Waals surface area (Å²) in [6.45, 7) is 2.20. The highest BCUT2D eigenvalue weighted by Crippen LogP contribution is 2.28. The molecule has 7 heteroatoms. The summed E-state index contributed by atoms with van der Waals surface area (Å²) in [5.41, 5.74) is 0.718. The van der Waals surface area contributed by atoms with Gasteiger partial charge in [-0.15, -0.1) is 12.4 Å². The predicted molar refractivity (Wildman–Crippen MR) is 93.2 cm³/mol. The van der Waals surface area contributed by atoms with Crippen molar-refractivity contribution in [1.82, 2.24) is 10.6 Å². The lowest BCUT2D eigenvalue weighted by molar-refractivity contribution is -0.130. The molecule has 2 saturated heterocycles. The van der Waals surface area contributed by atoms with Gasteiger partial charge >= 0.3 is 0 Å². The number of anilines is 1. The maximum absolute atomic E-state index is 12.7. The van der Waals surface area contributed by atoms with E-state index in [1.54, 1.807) is 11.0 Å². The Balaban J connectivity index is 0.00000192. The minimum Gasteiger partial charge on any atom is -0.344 e. The van der Waals surface area contributed by atoms with E-state index in [0.717, 1.165) is 25.1 Å². The zero-order chi connectivity index (χ0) is 15.5. The molecule has 2 heterocycles. The Morgan fingerprint density at radius 2 is 2.09 bits per heavy atom. The number of benzene rings is 1. The molecule has 0 spiro atoms. The summed E-state index contributed by atoms with van der Waals surface area (Å²) in [7, 11) is 0. The molecule has 0 aromatic heterocycles. The van der Waals surface area contributed by atoms with Gasteiger partial charge in [0.25, 0.3) is 0 Å². The number of hydrogen-bond acceptors (Lipinski definition) is 3. The van der Waals surface area contributed by atoms with E-state index in [1.807, 2.05) is 18.2 Å². The molecule has 1 aromatic carbocycles. The number of carbonyl (C=O) groups is 2. The zero-order valence-electron chi connectivity index (χ0n) is 12.8. The van der Waals surface area contributed by atoms with Crippen molar-refractivity contribution >= 4 is 41.5 Å². The highest BCUT2D eigenvalue weighted by molar-refractivity contribution is 6.33. The standard InChI is InChI=1S/C16H20ClN3O2.ClH/c17-12-4-1-2-6-14(12)20-9-3-5-13(16(20)22)19-15(21)11-7-8-18-10-11;/h1-2,4,6,11,13,18H,3,5,7-10H2,(H,19,21);1H. The molecule has 3 rings (SSSR count). The summed E-state index contributed by atoms with van der Waals surface area (Å²) in [5.74, 6) is -0.119. The summed E-state index contributed by atoms with van der Waals surface area (Å²) < 4.78 is 0. The molecule has 0 bridgehead atoms. The lowest BCUT2D eigenvalue weighted by atomic mass is 10.0. The van der Waals surface area contributed by atoms with E-state index in [1.165, 1.54) is 0 Å². The van der Waals surface area contributed by atoms with Crippen LogP contribution in [0.15, 0.2) is 24.3 Å². The van der Waals surface area contributed by atoms with Crippen LogP contribution in [0.25, 0.3) is 0 Å². The van der Waals surface area contributed by atoms with E-state index in [2.05, 4.69) is 10.6 Å². The van der Waals surface area contributed by atoms with Crippen molar-refractivity contribution in [3.05, 3.63) is 29.3 Å². The first-order valence-electron chi connectivity index (χ1n) is 7.74. The molecule has 2 aliphatic heterocycles. The van der Waals surface area contributed by atoms with E-state index in [9.17, 15) is 9.59 Å². The first-order chi connectivity index (χ1) is 10.7. The lowest BCUT2D eigenvalue weighted by Crippen LogP contribution is -2.53. The van der Waals surface area contributed by atoms with Crippen molar-refractivity contribution in [3.8, 4) is 0 Å². The van der Waals surface area contributed by atoms with Gasteiger partial charge in [0.05, 0.1) is 16.6 Å². The Hall–Kier alpha value is -1.30. The lowest BCUT2D eigenvalue weighted by Gasteiger charge is -2.33. The van der Waals surface area contributed by atoms with Crippen molar-refractivity contribution < 1.29 is 9.59 Å². The number of hydrogen-bond donors (Lipinski definition) is 2. The monoisotopic (exact) mass is 357 g/mol. The number of piperidine rings is 1. The fourth-order valence-corrected chi connectivity index (χ4v) is 3.32. The Morgan fingerprint density at radius 3 is 2.78 bits per heavy atom. The van der Waals surface area contributed by atoms with Gasteiger partial charge in [-0.25, -0.2) is 0 Å². The maximum atomic E-state index is 12.7. The second-order valence-corrected chi connectivity index (χ2v) is 6.24. The average molecular weight is 358 g/mol. The smallest absolute Gasteiger partial charge is 0.249 e. The summed E-state index contributed by atoms with van der Waals surface area (Å²) in [4.78, 5) is 26.6. The van der Waals surface area contributed by atoms with Gasteiger partial charge in [0, 0.05) is 13.1 Å². The minimum atomic E-state index is -0.446. The zero-order valence-corrected chi connectivity index (χ0v) is 14.3. The van der Waals surface area contributed by atoms with Crippen LogP contribution in [-0.4, -0.2) is 37.5 Å². The Bertz CT molecular complexity index is 576. The topological polar surface area (TPSA) is 61.4 Å². The van der Waals surface area contributed by atoms with E-state index >= 15 is 0 Å². The molecular formula is C16H21Cl2N3O2. The molecule has 2 aliphatic rings. The normalized spacial score (nSPS) is 24.2. The Labute approximate surface area is 147 Å². The van der Waals surface area contributed by atoms with Crippen molar-refractivity contribution in [2.75, 3.05) is 24.5 Å². The Kier molecular flexibility index (Phi) is 6.27. The molecule has 126 valence electrons. The van der Waals surface area contributed by atoms with Crippen molar-refractivity contribution in [2.45, 2.75) is 25.3 Å². The van der Waals surface area contributed by atoms with Crippen molar-refractivity contribution in [2.24, 2.45) is 5.92 Å². The third kappa shape index (κ3) is 3.97. The molecule has 2 atom stereocenters. The maximum Gasteiger partial charge on any atom is 0.249 e. The van der Waals surface area contributed by atoms with E-state index in [0.29, 0.717) is 24.5 Å². The van der Waals surface area contributed by atoms with E-state index < -0.39 is 6.04 Å². The molecule has 2 amide bonds. The number of nitrogens with zero attached hydrogens (tertiary/aromatic N) is 1. The molecular weight excluding hydrogens is 337 g/mol. The molecule has 5 nitrogen and oxygen atoms in total. The van der Waals surface area contributed by atoms with Crippen LogP contribution in [0, 0.1) is 5.92 Å². The van der Waals surface area contributed by atoms with Crippen LogP contribution in [0.4, 0.5) is 5.69 Å². The van der Waals surface area contributed by atoms with Crippen LogP contribution in [0.2, 0.25) is 5.02 Å². The van der Waals surface area contributed by atoms with Crippen LogP contribution in [0.1, 0.15) is 19.3 Å². The van der Waals surface area contributed by atoms with Gasteiger partial charge in [-0.1, -0.05) is 23.7 Å². The predicted octanol–water partition coefficient (Wildman–Crippen LogP) is 1.98. The quantitative estimate of drug-likeness (QED) is 0.869. The van der Waals surface area contributed by atoms with Crippen LogP contribution in [0.3, 0.4) is 0 Å². The van der Waals surface area contributed by atoms with Gasteiger partial charge < -0.3 is 15.5 Å². The summed E-state index contributed by atoms with van der Waals surface area (Å²) in [6, 6.07) is 6.87. The van der Waals surface area contributed by atoms with Crippen LogP contribution >= 0.6 is 24.0 Å². The van der Waals surface area contributed by atoms with Crippen LogP contribution in [-0.2, 0) is 9.59 Å². The summed E-state index contributed by atoms with van der Waals surface area (Å²) >= 11 is 6.19. The first kappa shape index (κ1) is 18.0. The fraction of sp³-hybridized carbons (Fsp3) is 0.500. The second-order valence-electron chi connectivity index (χ2n) is 5.83. The minimum absolute atomic E-state index is 0. The molecule has 23 heavy (non-hydrogen) atoms. The third-order valence-corrected chi connectivity index (χ3v) is 4.65. The van der Waals surface area contributed by atoms with Gasteiger partial charge in [0.15, 0.2) is 0 Å². The van der Waals surface area contributed by atoms with E-state index in [4.69, 9.17) is 11.6 Å². The number of halogens is 2. The average Bonchev–Trinajstić information content (AvgIpc) is 3.05. The molecule has 1 aromatic rings. The van der Waals surface area contributed by atoms with Crippen molar-refractivity contribution in [3.63, 3.8) is 0 Å². The van der Waals surface area contributed by atoms with Gasteiger partial charge in [-0.2, -0.15) is 0 Å². The molecule has 0 radical (unpaired) electrons. The highest BCUT2D eigenvalue weighted by atomic mass is 35.5. The number of carbonyl (C=O) groups excluding carboxylic acids is 2. The number of amides is 2. The highest BCUT2D eigenvalue weighted by Gasteiger charge is 2.33. The molecule has 2 N–H and O–H groups in total. The third-order valence-electron chi connectivity index (χ3n) is 4.33. The second kappa shape index (κ2) is 7.99. The summed E-state index contributed by atoms with van der Waals surface area (Å²) in [5, 5.41) is 6.64. The fourth-order valence-electron chi connectivity index (χ4n) is 3.09. The Morgan fingerprint density at radius 1 is 1.30 bits per heavy atom.